The fourth-order valence-electron chi connectivity index (χ4n) is 1.50. The van der Waals surface area contributed by atoms with Gasteiger partial charge in [0.2, 0.25) is 0 Å². The summed E-state index contributed by atoms with van der Waals surface area (Å²) in [6.45, 7) is 2.34. The van der Waals surface area contributed by atoms with Crippen LogP contribution in [0.3, 0.4) is 0 Å². The van der Waals surface area contributed by atoms with Gasteiger partial charge in [-0.1, -0.05) is 19.1 Å². The van der Waals surface area contributed by atoms with E-state index < -0.39 is 11.8 Å². The van der Waals surface area contributed by atoms with Gasteiger partial charge in [-0.25, -0.2) is 4.39 Å². The van der Waals surface area contributed by atoms with Gasteiger partial charge in [0.1, 0.15) is 11.9 Å². The van der Waals surface area contributed by atoms with Crippen molar-refractivity contribution in [1.82, 2.24) is 4.90 Å². The molecule has 1 N–H and O–H groups in total. The van der Waals surface area contributed by atoms with Gasteiger partial charge in [0.25, 0.3) is 0 Å². The highest BCUT2D eigenvalue weighted by atomic mass is 19.1. The minimum atomic E-state index is -0.955. The fraction of sp³-hybridized carbons (Fsp3) is 0.333. The number of rotatable bonds is 5. The Hall–Kier alpha value is -1.93. The van der Waals surface area contributed by atoms with Crippen LogP contribution in [0.5, 0.6) is 0 Å². The summed E-state index contributed by atoms with van der Waals surface area (Å²) in [6.07, 6.45) is 0. The number of halogens is 1. The second kappa shape index (κ2) is 5.97. The van der Waals surface area contributed by atoms with Crippen molar-refractivity contribution in [3.8, 4) is 6.07 Å². The van der Waals surface area contributed by atoms with Crippen LogP contribution in [0.15, 0.2) is 18.2 Å². The molecule has 1 rings (SSSR count). The van der Waals surface area contributed by atoms with Crippen molar-refractivity contribution in [2.45, 2.75) is 13.5 Å². The van der Waals surface area contributed by atoms with Gasteiger partial charge in [-0.3, -0.25) is 9.69 Å². The van der Waals surface area contributed by atoms with Gasteiger partial charge in [-0.2, -0.15) is 5.26 Å². The molecule has 0 atom stereocenters. The van der Waals surface area contributed by atoms with Crippen molar-refractivity contribution < 1.29 is 14.3 Å². The van der Waals surface area contributed by atoms with E-state index in [1.165, 1.54) is 6.07 Å². The molecule has 5 heteroatoms. The Morgan fingerprint density at radius 3 is 2.82 bits per heavy atom. The summed E-state index contributed by atoms with van der Waals surface area (Å²) < 4.78 is 13.7. The SMILES string of the molecule is CCN(CC(=O)O)Cc1cccc(C#N)c1F. The summed E-state index contributed by atoms with van der Waals surface area (Å²) in [5.74, 6) is -1.53. The summed E-state index contributed by atoms with van der Waals surface area (Å²) in [5.41, 5.74) is 0.320. The Kier molecular flexibility index (Phi) is 4.61. The minimum Gasteiger partial charge on any atom is -0.480 e. The summed E-state index contributed by atoms with van der Waals surface area (Å²) in [4.78, 5) is 12.2. The van der Waals surface area contributed by atoms with Crippen LogP contribution in [0.4, 0.5) is 4.39 Å². The maximum absolute atomic E-state index is 13.7. The third-order valence-corrected chi connectivity index (χ3v) is 2.40. The number of carbonyl (C=O) groups is 1. The second-order valence-corrected chi connectivity index (χ2v) is 3.59. The van der Waals surface area contributed by atoms with E-state index in [1.54, 1.807) is 30.0 Å². The first kappa shape index (κ1) is 13.1. The first-order valence-corrected chi connectivity index (χ1v) is 5.20. The lowest BCUT2D eigenvalue weighted by Crippen LogP contribution is -2.29. The molecule has 17 heavy (non-hydrogen) atoms. The monoisotopic (exact) mass is 236 g/mol. The number of hydrogen-bond acceptors (Lipinski definition) is 3. The van der Waals surface area contributed by atoms with Gasteiger partial charge in [-0.05, 0) is 12.6 Å². The minimum absolute atomic E-state index is 0.0196. The average molecular weight is 236 g/mol. The third kappa shape index (κ3) is 3.54. The molecular weight excluding hydrogens is 223 g/mol. The van der Waals surface area contributed by atoms with Crippen LogP contribution in [-0.4, -0.2) is 29.1 Å². The van der Waals surface area contributed by atoms with Crippen molar-refractivity contribution in [2.24, 2.45) is 0 Å². The zero-order chi connectivity index (χ0) is 12.8. The molecule has 0 bridgehead atoms. The lowest BCUT2D eigenvalue weighted by Gasteiger charge is -2.18. The van der Waals surface area contributed by atoms with E-state index in [4.69, 9.17) is 10.4 Å². The normalized spacial score (nSPS) is 10.2. The quantitative estimate of drug-likeness (QED) is 0.843. The first-order chi connectivity index (χ1) is 8.08. The van der Waals surface area contributed by atoms with Crippen molar-refractivity contribution in [3.05, 3.63) is 35.1 Å². The van der Waals surface area contributed by atoms with Crippen molar-refractivity contribution in [2.75, 3.05) is 13.1 Å². The molecule has 90 valence electrons. The van der Waals surface area contributed by atoms with Crippen LogP contribution in [0, 0.1) is 17.1 Å². The molecular formula is C12H13FN2O2. The maximum atomic E-state index is 13.7. The first-order valence-electron chi connectivity index (χ1n) is 5.20. The lowest BCUT2D eigenvalue weighted by molar-refractivity contribution is -0.138. The van der Waals surface area contributed by atoms with E-state index in [0.717, 1.165) is 0 Å². The van der Waals surface area contributed by atoms with Crippen LogP contribution in [-0.2, 0) is 11.3 Å². The number of hydrogen-bond donors (Lipinski definition) is 1. The molecule has 0 aromatic heterocycles. The van der Waals surface area contributed by atoms with Gasteiger partial charge in [0.05, 0.1) is 12.1 Å². The standard InChI is InChI=1S/C12H13FN2O2/c1-2-15(8-11(16)17)7-10-5-3-4-9(6-14)12(10)13/h3-5H,2,7-8H2,1H3,(H,16,17). The van der Waals surface area contributed by atoms with Crippen LogP contribution in [0.25, 0.3) is 0 Å². The zero-order valence-electron chi connectivity index (χ0n) is 9.48. The van der Waals surface area contributed by atoms with Crippen LogP contribution in [0.2, 0.25) is 0 Å². The average Bonchev–Trinajstić information content (AvgIpc) is 2.30. The van der Waals surface area contributed by atoms with Crippen molar-refractivity contribution >= 4 is 5.97 Å². The molecule has 0 aliphatic carbocycles. The second-order valence-electron chi connectivity index (χ2n) is 3.59. The van der Waals surface area contributed by atoms with Gasteiger partial charge in [0, 0.05) is 12.1 Å². The number of aliphatic carboxylic acids is 1. The van der Waals surface area contributed by atoms with E-state index in [-0.39, 0.29) is 18.7 Å². The van der Waals surface area contributed by atoms with E-state index in [9.17, 15) is 9.18 Å². The van der Waals surface area contributed by atoms with Crippen LogP contribution >= 0.6 is 0 Å². The molecule has 0 amide bonds. The number of benzene rings is 1. The molecule has 0 heterocycles. The number of carboxylic acids is 1. The Morgan fingerprint density at radius 2 is 2.29 bits per heavy atom. The number of nitrogens with zero attached hydrogens (tertiary/aromatic N) is 2. The molecule has 1 aromatic carbocycles. The molecule has 0 radical (unpaired) electrons. The molecule has 1 aromatic rings. The smallest absolute Gasteiger partial charge is 0.317 e. The third-order valence-electron chi connectivity index (χ3n) is 2.40. The largest absolute Gasteiger partial charge is 0.480 e. The molecule has 0 saturated heterocycles. The predicted octanol–water partition coefficient (Wildman–Crippen LogP) is 1.60. The van der Waals surface area contributed by atoms with Crippen LogP contribution < -0.4 is 0 Å². The Morgan fingerprint density at radius 1 is 1.59 bits per heavy atom. The Bertz CT molecular complexity index is 454. The number of nitriles is 1. The van der Waals surface area contributed by atoms with Gasteiger partial charge < -0.3 is 5.11 Å². The highest BCUT2D eigenvalue weighted by molar-refractivity contribution is 5.69. The van der Waals surface area contributed by atoms with Crippen molar-refractivity contribution in [1.29, 1.82) is 5.26 Å². The lowest BCUT2D eigenvalue weighted by atomic mass is 10.1. The summed E-state index contributed by atoms with van der Waals surface area (Å²) in [5, 5.41) is 17.4. The van der Waals surface area contributed by atoms with E-state index >= 15 is 0 Å². The van der Waals surface area contributed by atoms with E-state index in [2.05, 4.69) is 0 Å². The van der Waals surface area contributed by atoms with Gasteiger partial charge >= 0.3 is 5.97 Å². The summed E-state index contributed by atoms with van der Waals surface area (Å²) in [7, 11) is 0. The summed E-state index contributed by atoms with van der Waals surface area (Å²) in [6, 6.07) is 6.30. The zero-order valence-corrected chi connectivity index (χ0v) is 9.48. The predicted molar refractivity (Wildman–Crippen MR) is 59.7 cm³/mol. The molecule has 0 aliphatic heterocycles. The highest BCUT2D eigenvalue weighted by Gasteiger charge is 2.13. The molecule has 0 aliphatic rings. The van der Waals surface area contributed by atoms with Gasteiger partial charge in [0.15, 0.2) is 0 Å². The topological polar surface area (TPSA) is 64.3 Å². The molecule has 0 spiro atoms. The maximum Gasteiger partial charge on any atom is 0.317 e. The Balaban J connectivity index is 2.87. The Labute approximate surface area is 98.9 Å². The van der Waals surface area contributed by atoms with Crippen molar-refractivity contribution in [3.63, 3.8) is 0 Å². The highest BCUT2D eigenvalue weighted by Crippen LogP contribution is 2.14. The fourth-order valence-corrected chi connectivity index (χ4v) is 1.50. The molecule has 0 fully saturated rings. The van der Waals surface area contributed by atoms with E-state index in [0.29, 0.717) is 12.1 Å². The number of likely N-dealkylation sites (N-methyl/N-ethyl adjacent to an activating group) is 1. The molecule has 4 nitrogen and oxygen atoms in total. The number of carboxylic acid groups (broad SMARTS) is 1. The van der Waals surface area contributed by atoms with Gasteiger partial charge in [-0.15, -0.1) is 0 Å². The summed E-state index contributed by atoms with van der Waals surface area (Å²) >= 11 is 0. The molecule has 0 unspecified atom stereocenters. The van der Waals surface area contributed by atoms with E-state index in [1.807, 2.05) is 0 Å². The van der Waals surface area contributed by atoms with Crippen LogP contribution in [0.1, 0.15) is 18.1 Å². The molecule has 0 saturated carbocycles.